The van der Waals surface area contributed by atoms with E-state index in [0.717, 1.165) is 17.1 Å². The minimum absolute atomic E-state index is 0.731. The lowest BCUT2D eigenvalue weighted by Crippen LogP contribution is -2.02. The normalized spacial score (nSPS) is 10.6. The van der Waals surface area contributed by atoms with Crippen LogP contribution in [0.4, 0.5) is 5.69 Å². The molecule has 78 valence electrons. The van der Waals surface area contributed by atoms with Crippen molar-refractivity contribution in [1.29, 1.82) is 0 Å². The summed E-state index contributed by atoms with van der Waals surface area (Å²) >= 11 is 0. The third kappa shape index (κ3) is 1.61. The highest BCUT2D eigenvalue weighted by atomic mass is 15.3. The van der Waals surface area contributed by atoms with E-state index in [1.165, 1.54) is 11.1 Å². The maximum atomic E-state index is 5.77. The van der Waals surface area contributed by atoms with Crippen LogP contribution in [0.15, 0.2) is 24.4 Å². The molecule has 2 rings (SSSR count). The summed E-state index contributed by atoms with van der Waals surface area (Å²) in [6, 6.07) is 6.30. The third-order valence-electron chi connectivity index (χ3n) is 2.63. The number of nitrogen functional groups attached to an aromatic ring is 1. The van der Waals surface area contributed by atoms with Crippen LogP contribution in [0.3, 0.4) is 0 Å². The van der Waals surface area contributed by atoms with Crippen molar-refractivity contribution in [3.8, 4) is 5.69 Å². The van der Waals surface area contributed by atoms with Gasteiger partial charge in [-0.15, -0.1) is 0 Å². The lowest BCUT2D eigenvalue weighted by molar-refractivity contribution is 0.840. The molecule has 0 aliphatic rings. The molecule has 2 N–H and O–H groups in total. The lowest BCUT2D eigenvalue weighted by atomic mass is 10.1. The molecule has 1 aromatic carbocycles. The molecule has 3 nitrogen and oxygen atoms in total. The smallest absolute Gasteiger partial charge is 0.0734 e. The van der Waals surface area contributed by atoms with E-state index in [0.29, 0.717) is 0 Å². The minimum atomic E-state index is 0.731. The van der Waals surface area contributed by atoms with Crippen LogP contribution in [0, 0.1) is 20.8 Å². The van der Waals surface area contributed by atoms with Crippen molar-refractivity contribution in [2.45, 2.75) is 20.8 Å². The molecule has 0 radical (unpaired) electrons. The zero-order chi connectivity index (χ0) is 11.0. The Kier molecular flexibility index (Phi) is 2.23. The molecule has 0 unspecified atom stereocenters. The van der Waals surface area contributed by atoms with Gasteiger partial charge in [-0.2, -0.15) is 5.10 Å². The molecule has 1 heterocycles. The molecule has 15 heavy (non-hydrogen) atoms. The Balaban J connectivity index is 2.59. The summed E-state index contributed by atoms with van der Waals surface area (Å²) in [5.74, 6) is 0. The van der Waals surface area contributed by atoms with Gasteiger partial charge in [0.2, 0.25) is 0 Å². The van der Waals surface area contributed by atoms with Crippen LogP contribution >= 0.6 is 0 Å². The first-order valence-corrected chi connectivity index (χ1v) is 4.97. The number of hydrogen-bond acceptors (Lipinski definition) is 2. The second kappa shape index (κ2) is 3.42. The zero-order valence-corrected chi connectivity index (χ0v) is 9.28. The lowest BCUT2D eigenvalue weighted by Gasteiger charge is -2.08. The van der Waals surface area contributed by atoms with Gasteiger partial charge in [-0.3, -0.25) is 0 Å². The minimum Gasteiger partial charge on any atom is -0.396 e. The number of nitrogens with zero attached hydrogens (tertiary/aromatic N) is 2. The quantitative estimate of drug-likeness (QED) is 0.769. The summed E-state index contributed by atoms with van der Waals surface area (Å²) < 4.78 is 1.88. The van der Waals surface area contributed by atoms with E-state index < -0.39 is 0 Å². The van der Waals surface area contributed by atoms with Gasteiger partial charge in [0, 0.05) is 0 Å². The number of aromatic nitrogens is 2. The van der Waals surface area contributed by atoms with Crippen LogP contribution in [0.1, 0.15) is 16.8 Å². The monoisotopic (exact) mass is 201 g/mol. The van der Waals surface area contributed by atoms with Crippen molar-refractivity contribution in [3.63, 3.8) is 0 Å². The Morgan fingerprint density at radius 2 is 1.93 bits per heavy atom. The van der Waals surface area contributed by atoms with Crippen LogP contribution in [-0.4, -0.2) is 9.78 Å². The molecule has 0 aliphatic heterocycles. The Morgan fingerprint density at radius 1 is 1.20 bits per heavy atom. The molecule has 0 amide bonds. The van der Waals surface area contributed by atoms with E-state index in [1.54, 1.807) is 6.20 Å². The van der Waals surface area contributed by atoms with Crippen molar-refractivity contribution in [1.82, 2.24) is 9.78 Å². The van der Waals surface area contributed by atoms with Gasteiger partial charge in [-0.25, -0.2) is 4.68 Å². The Hall–Kier alpha value is -1.77. The second-order valence-electron chi connectivity index (χ2n) is 3.89. The van der Waals surface area contributed by atoms with Crippen LogP contribution in [0.5, 0.6) is 0 Å². The summed E-state index contributed by atoms with van der Waals surface area (Å²) in [6.45, 7) is 6.14. The van der Waals surface area contributed by atoms with E-state index in [-0.39, 0.29) is 0 Å². The van der Waals surface area contributed by atoms with Gasteiger partial charge in [0.05, 0.1) is 23.3 Å². The summed E-state index contributed by atoms with van der Waals surface area (Å²) in [5, 5.41) is 4.27. The van der Waals surface area contributed by atoms with E-state index in [1.807, 2.05) is 11.6 Å². The first-order chi connectivity index (χ1) is 7.09. The van der Waals surface area contributed by atoms with Crippen LogP contribution in [-0.2, 0) is 0 Å². The molecular formula is C12H15N3. The maximum absolute atomic E-state index is 5.77. The Morgan fingerprint density at radius 3 is 2.47 bits per heavy atom. The molecule has 1 aromatic heterocycles. The largest absolute Gasteiger partial charge is 0.396 e. The Bertz CT molecular complexity index is 498. The number of benzene rings is 1. The molecule has 0 saturated heterocycles. The van der Waals surface area contributed by atoms with Gasteiger partial charge >= 0.3 is 0 Å². The molecule has 0 atom stereocenters. The fourth-order valence-corrected chi connectivity index (χ4v) is 1.71. The number of anilines is 1. The summed E-state index contributed by atoms with van der Waals surface area (Å²) in [5.41, 5.74) is 11.1. The predicted octanol–water partition coefficient (Wildman–Crippen LogP) is 2.38. The van der Waals surface area contributed by atoms with Gasteiger partial charge in [-0.1, -0.05) is 17.7 Å². The van der Waals surface area contributed by atoms with Crippen LogP contribution in [0.25, 0.3) is 5.69 Å². The molecule has 0 aliphatic carbocycles. The number of nitrogens with two attached hydrogens (primary N) is 1. The second-order valence-corrected chi connectivity index (χ2v) is 3.89. The highest BCUT2D eigenvalue weighted by Crippen LogP contribution is 2.19. The van der Waals surface area contributed by atoms with Crippen molar-refractivity contribution in [2.75, 3.05) is 5.73 Å². The molecule has 2 aromatic rings. The van der Waals surface area contributed by atoms with E-state index in [2.05, 4.69) is 37.1 Å². The first kappa shape index (κ1) is 9.77. The van der Waals surface area contributed by atoms with Gasteiger partial charge in [0.1, 0.15) is 0 Å². The molecule has 0 saturated carbocycles. The van der Waals surface area contributed by atoms with Gasteiger partial charge in [-0.05, 0) is 32.4 Å². The molecule has 0 spiro atoms. The zero-order valence-electron chi connectivity index (χ0n) is 9.28. The highest BCUT2D eigenvalue weighted by molar-refractivity contribution is 5.48. The maximum Gasteiger partial charge on any atom is 0.0734 e. The van der Waals surface area contributed by atoms with Crippen molar-refractivity contribution < 1.29 is 0 Å². The first-order valence-electron chi connectivity index (χ1n) is 4.97. The molecule has 0 bridgehead atoms. The predicted molar refractivity (Wildman–Crippen MR) is 62.2 cm³/mol. The number of rotatable bonds is 1. The van der Waals surface area contributed by atoms with Crippen molar-refractivity contribution >= 4 is 5.69 Å². The standard InChI is InChI=1S/C12H15N3/c1-8-4-5-12(9(2)6-8)15-10(3)11(13)7-14-15/h4-7H,13H2,1-3H3. The van der Waals surface area contributed by atoms with E-state index in [9.17, 15) is 0 Å². The van der Waals surface area contributed by atoms with Gasteiger partial charge in [0.15, 0.2) is 0 Å². The average molecular weight is 201 g/mol. The fourth-order valence-electron chi connectivity index (χ4n) is 1.71. The van der Waals surface area contributed by atoms with Gasteiger partial charge < -0.3 is 5.73 Å². The average Bonchev–Trinajstić information content (AvgIpc) is 2.49. The van der Waals surface area contributed by atoms with Crippen molar-refractivity contribution in [3.05, 3.63) is 41.2 Å². The third-order valence-corrected chi connectivity index (χ3v) is 2.63. The van der Waals surface area contributed by atoms with E-state index >= 15 is 0 Å². The van der Waals surface area contributed by atoms with Crippen LogP contribution < -0.4 is 5.73 Å². The topological polar surface area (TPSA) is 43.8 Å². The summed E-state index contributed by atoms with van der Waals surface area (Å²) in [7, 11) is 0. The molecular weight excluding hydrogens is 186 g/mol. The van der Waals surface area contributed by atoms with E-state index in [4.69, 9.17) is 5.73 Å². The number of hydrogen-bond donors (Lipinski definition) is 1. The molecule has 3 heteroatoms. The van der Waals surface area contributed by atoms with Crippen LogP contribution in [0.2, 0.25) is 0 Å². The summed E-state index contributed by atoms with van der Waals surface area (Å²) in [6.07, 6.45) is 1.69. The highest BCUT2D eigenvalue weighted by Gasteiger charge is 2.07. The fraction of sp³-hybridized carbons (Fsp3) is 0.250. The van der Waals surface area contributed by atoms with Crippen molar-refractivity contribution in [2.24, 2.45) is 0 Å². The SMILES string of the molecule is Cc1ccc(-n2ncc(N)c2C)c(C)c1. The molecule has 0 fully saturated rings. The van der Waals surface area contributed by atoms with Gasteiger partial charge in [0.25, 0.3) is 0 Å². The summed E-state index contributed by atoms with van der Waals surface area (Å²) in [4.78, 5) is 0. The number of aryl methyl sites for hydroxylation is 2. The Labute approximate surface area is 89.5 Å².